The number of benzene rings is 3. The number of carbonyl (C=O) groups is 2. The molecule has 0 fully saturated rings. The van der Waals surface area contributed by atoms with E-state index in [4.69, 9.17) is 32.7 Å². The van der Waals surface area contributed by atoms with Gasteiger partial charge in [-0.3, -0.25) is 9.59 Å². The van der Waals surface area contributed by atoms with Gasteiger partial charge in [-0.1, -0.05) is 49.2 Å². The summed E-state index contributed by atoms with van der Waals surface area (Å²) in [6.07, 6.45) is 1.93. The lowest BCUT2D eigenvalue weighted by Gasteiger charge is -2.19. The molecule has 3 aromatic rings. The Bertz CT molecular complexity index is 1280. The van der Waals surface area contributed by atoms with Crippen LogP contribution in [-0.2, 0) is 11.4 Å². The lowest BCUT2D eigenvalue weighted by atomic mass is 10.0. The fourth-order valence-corrected chi connectivity index (χ4v) is 4.31. The molecule has 10 heteroatoms. The van der Waals surface area contributed by atoms with E-state index in [1.807, 2.05) is 26.0 Å². The SMILES string of the molecule is COc1cc(/C=N/NC(=O)C(CC(C)C)NC(=O)c2ccc(Cl)cc2)cc(Br)c1OCc1ccc(Cl)cc1. The average Bonchev–Trinajstić information content (AvgIpc) is 2.88. The lowest BCUT2D eigenvalue weighted by Crippen LogP contribution is -2.46. The fraction of sp³-hybridized carbons (Fsp3) is 0.250. The number of nitrogens with one attached hydrogen (secondary N) is 2. The van der Waals surface area contributed by atoms with Crippen molar-refractivity contribution in [3.63, 3.8) is 0 Å². The molecular formula is C28H28BrCl2N3O4. The maximum atomic E-state index is 12.9. The van der Waals surface area contributed by atoms with Crippen LogP contribution in [0, 0.1) is 5.92 Å². The van der Waals surface area contributed by atoms with Crippen molar-refractivity contribution in [2.45, 2.75) is 32.9 Å². The topological polar surface area (TPSA) is 89.0 Å². The number of nitrogens with zero attached hydrogens (tertiary/aromatic N) is 1. The first-order valence-electron chi connectivity index (χ1n) is 11.8. The number of ether oxygens (including phenoxy) is 2. The molecule has 0 saturated carbocycles. The Morgan fingerprint density at radius 1 is 1.03 bits per heavy atom. The summed E-state index contributed by atoms with van der Waals surface area (Å²) >= 11 is 15.4. The van der Waals surface area contributed by atoms with Crippen molar-refractivity contribution in [2.24, 2.45) is 11.0 Å². The van der Waals surface area contributed by atoms with Gasteiger partial charge in [0.1, 0.15) is 12.6 Å². The molecule has 0 radical (unpaired) electrons. The van der Waals surface area contributed by atoms with Crippen LogP contribution in [0.4, 0.5) is 0 Å². The summed E-state index contributed by atoms with van der Waals surface area (Å²) < 4.78 is 12.1. The molecule has 0 bridgehead atoms. The predicted octanol–water partition coefficient (Wildman–Crippen LogP) is 6.64. The Labute approximate surface area is 240 Å². The van der Waals surface area contributed by atoms with E-state index in [-0.39, 0.29) is 11.8 Å². The largest absolute Gasteiger partial charge is 0.493 e. The predicted molar refractivity (Wildman–Crippen MR) is 154 cm³/mol. The smallest absolute Gasteiger partial charge is 0.262 e. The Morgan fingerprint density at radius 2 is 1.66 bits per heavy atom. The summed E-state index contributed by atoms with van der Waals surface area (Å²) in [6.45, 7) is 4.27. The van der Waals surface area contributed by atoms with Crippen molar-refractivity contribution in [3.05, 3.63) is 91.9 Å². The number of amides is 2. The van der Waals surface area contributed by atoms with Crippen LogP contribution in [0.1, 0.15) is 41.8 Å². The zero-order chi connectivity index (χ0) is 27.7. The third kappa shape index (κ3) is 8.75. The van der Waals surface area contributed by atoms with Crippen LogP contribution in [0.2, 0.25) is 10.0 Å². The minimum Gasteiger partial charge on any atom is -0.493 e. The molecule has 1 atom stereocenters. The van der Waals surface area contributed by atoms with E-state index in [1.54, 1.807) is 55.6 Å². The number of carbonyl (C=O) groups excluding carboxylic acids is 2. The van der Waals surface area contributed by atoms with Crippen LogP contribution in [0.3, 0.4) is 0 Å². The van der Waals surface area contributed by atoms with Gasteiger partial charge in [0.05, 0.1) is 17.8 Å². The van der Waals surface area contributed by atoms with E-state index in [1.165, 1.54) is 6.21 Å². The molecule has 0 spiro atoms. The van der Waals surface area contributed by atoms with Crippen LogP contribution in [0.5, 0.6) is 11.5 Å². The molecule has 2 amide bonds. The minimum absolute atomic E-state index is 0.167. The second-order valence-corrected chi connectivity index (χ2v) is 10.6. The Kier molecular flexibility index (Phi) is 11.0. The highest BCUT2D eigenvalue weighted by Gasteiger charge is 2.22. The van der Waals surface area contributed by atoms with Gasteiger partial charge in [-0.15, -0.1) is 0 Å². The standard InChI is InChI=1S/C28H28BrCl2N3O4/c1-17(2)12-24(33-27(35)20-6-10-22(31)11-7-20)28(36)34-32-15-19-13-23(29)26(25(14-19)37-3)38-16-18-4-8-21(30)9-5-18/h4-11,13-15,17,24H,12,16H2,1-3H3,(H,33,35)(H,34,36)/b32-15+. The van der Waals surface area contributed by atoms with Crippen LogP contribution in [0.15, 0.2) is 70.2 Å². The quantitative estimate of drug-likeness (QED) is 0.186. The summed E-state index contributed by atoms with van der Waals surface area (Å²) in [5.74, 6) is 0.404. The summed E-state index contributed by atoms with van der Waals surface area (Å²) in [5.41, 5.74) is 4.55. The normalized spacial score (nSPS) is 11.9. The summed E-state index contributed by atoms with van der Waals surface area (Å²) in [6, 6.07) is 16.6. The van der Waals surface area contributed by atoms with E-state index >= 15 is 0 Å². The Balaban J connectivity index is 1.66. The number of hydrazone groups is 1. The summed E-state index contributed by atoms with van der Waals surface area (Å²) in [7, 11) is 1.54. The molecule has 0 heterocycles. The zero-order valence-corrected chi connectivity index (χ0v) is 24.2. The minimum atomic E-state index is -0.764. The fourth-order valence-electron chi connectivity index (χ4n) is 3.48. The van der Waals surface area contributed by atoms with E-state index < -0.39 is 11.9 Å². The second-order valence-electron chi connectivity index (χ2n) is 8.85. The van der Waals surface area contributed by atoms with Crippen molar-refractivity contribution in [1.29, 1.82) is 0 Å². The van der Waals surface area contributed by atoms with Gasteiger partial charge < -0.3 is 14.8 Å². The first-order chi connectivity index (χ1) is 18.2. The molecule has 200 valence electrons. The first-order valence-corrected chi connectivity index (χ1v) is 13.3. The molecule has 38 heavy (non-hydrogen) atoms. The highest BCUT2D eigenvalue weighted by molar-refractivity contribution is 9.10. The highest BCUT2D eigenvalue weighted by atomic mass is 79.9. The molecule has 7 nitrogen and oxygen atoms in total. The van der Waals surface area contributed by atoms with E-state index in [9.17, 15) is 9.59 Å². The van der Waals surface area contributed by atoms with Gasteiger partial charge in [-0.25, -0.2) is 5.43 Å². The molecule has 0 aliphatic heterocycles. The highest BCUT2D eigenvalue weighted by Crippen LogP contribution is 2.37. The molecule has 0 aliphatic carbocycles. The lowest BCUT2D eigenvalue weighted by molar-refractivity contribution is -0.123. The molecular weight excluding hydrogens is 593 g/mol. The third-order valence-electron chi connectivity index (χ3n) is 5.37. The number of hydrogen-bond donors (Lipinski definition) is 2. The van der Waals surface area contributed by atoms with Gasteiger partial charge in [0.15, 0.2) is 11.5 Å². The Morgan fingerprint density at radius 3 is 2.26 bits per heavy atom. The van der Waals surface area contributed by atoms with E-state index in [0.717, 1.165) is 5.56 Å². The number of methoxy groups -OCH3 is 1. The molecule has 0 aliphatic rings. The van der Waals surface area contributed by atoms with Crippen LogP contribution in [0.25, 0.3) is 0 Å². The molecule has 1 unspecified atom stereocenters. The van der Waals surface area contributed by atoms with Crippen molar-refractivity contribution < 1.29 is 19.1 Å². The third-order valence-corrected chi connectivity index (χ3v) is 6.46. The van der Waals surface area contributed by atoms with Gasteiger partial charge in [0.2, 0.25) is 0 Å². The van der Waals surface area contributed by atoms with Crippen molar-refractivity contribution in [1.82, 2.24) is 10.7 Å². The van der Waals surface area contributed by atoms with E-state index in [2.05, 4.69) is 31.8 Å². The summed E-state index contributed by atoms with van der Waals surface area (Å²) in [4.78, 5) is 25.5. The number of rotatable bonds is 11. The van der Waals surface area contributed by atoms with Gasteiger partial charge >= 0.3 is 0 Å². The van der Waals surface area contributed by atoms with Crippen LogP contribution >= 0.6 is 39.1 Å². The van der Waals surface area contributed by atoms with Crippen LogP contribution < -0.4 is 20.2 Å². The van der Waals surface area contributed by atoms with Crippen molar-refractivity contribution >= 4 is 57.2 Å². The van der Waals surface area contributed by atoms with Crippen molar-refractivity contribution in [2.75, 3.05) is 7.11 Å². The molecule has 3 aromatic carbocycles. The maximum absolute atomic E-state index is 12.9. The summed E-state index contributed by atoms with van der Waals surface area (Å²) in [5, 5.41) is 8.05. The number of halogens is 3. The molecule has 2 N–H and O–H groups in total. The molecule has 0 saturated heterocycles. The van der Waals surface area contributed by atoms with E-state index in [0.29, 0.717) is 50.2 Å². The monoisotopic (exact) mass is 619 g/mol. The van der Waals surface area contributed by atoms with Gasteiger partial charge in [-0.2, -0.15) is 5.10 Å². The Hall–Kier alpha value is -3.07. The zero-order valence-electron chi connectivity index (χ0n) is 21.1. The first kappa shape index (κ1) is 29.5. The number of hydrogen-bond acceptors (Lipinski definition) is 5. The van der Waals surface area contributed by atoms with Gasteiger partial charge in [-0.05, 0) is 87.9 Å². The van der Waals surface area contributed by atoms with Gasteiger partial charge in [0.25, 0.3) is 11.8 Å². The van der Waals surface area contributed by atoms with Crippen molar-refractivity contribution in [3.8, 4) is 11.5 Å². The molecule has 3 rings (SSSR count). The maximum Gasteiger partial charge on any atom is 0.262 e. The second kappa shape index (κ2) is 14.2. The van der Waals surface area contributed by atoms with Crippen LogP contribution in [-0.4, -0.2) is 31.2 Å². The van der Waals surface area contributed by atoms with Gasteiger partial charge in [0, 0.05) is 15.6 Å². The average molecular weight is 621 g/mol. The molecule has 0 aromatic heterocycles.